The van der Waals surface area contributed by atoms with Crippen LogP contribution in [0.4, 0.5) is 5.69 Å². The minimum Gasteiger partial charge on any atom is -0.357 e. The highest BCUT2D eigenvalue weighted by Gasteiger charge is 2.05. The van der Waals surface area contributed by atoms with Crippen LogP contribution in [0.25, 0.3) is 0 Å². The van der Waals surface area contributed by atoms with Crippen molar-refractivity contribution in [1.82, 2.24) is 10.6 Å². The maximum absolute atomic E-state index is 11.9. The quantitative estimate of drug-likeness (QED) is 0.331. The molecule has 0 bridgehead atoms. The maximum Gasteiger partial charge on any atom is 0.226 e. The van der Waals surface area contributed by atoms with Gasteiger partial charge in [0.25, 0.3) is 0 Å². The molecule has 0 aliphatic heterocycles. The van der Waals surface area contributed by atoms with Crippen LogP contribution in [0.3, 0.4) is 0 Å². The summed E-state index contributed by atoms with van der Waals surface area (Å²) in [7, 11) is 0. The summed E-state index contributed by atoms with van der Waals surface area (Å²) in [5.74, 6) is 0.712. The molecule has 3 N–H and O–H groups in total. The van der Waals surface area contributed by atoms with Crippen LogP contribution in [0.1, 0.15) is 25.8 Å². The summed E-state index contributed by atoms with van der Waals surface area (Å²) in [4.78, 5) is 16.3. The number of halogens is 2. The third-order valence-electron chi connectivity index (χ3n) is 2.76. The molecule has 0 saturated carbocycles. The van der Waals surface area contributed by atoms with E-state index in [1.165, 1.54) is 0 Å². The van der Waals surface area contributed by atoms with Crippen molar-refractivity contribution in [3.05, 3.63) is 28.2 Å². The fraction of sp³-hybridized carbons (Fsp3) is 0.467. The van der Waals surface area contributed by atoms with Gasteiger partial charge in [0, 0.05) is 29.7 Å². The van der Waals surface area contributed by atoms with Crippen molar-refractivity contribution >= 4 is 57.5 Å². The van der Waals surface area contributed by atoms with Gasteiger partial charge in [-0.05, 0) is 44.5 Å². The molecule has 124 valence electrons. The molecule has 1 aromatic carbocycles. The number of hydrogen-bond acceptors (Lipinski definition) is 2. The Balaban J connectivity index is 0.00000441. The number of benzene rings is 1. The van der Waals surface area contributed by atoms with E-state index >= 15 is 0 Å². The highest BCUT2D eigenvalue weighted by atomic mass is 127. The first kappa shape index (κ1) is 21.2. The first-order chi connectivity index (χ1) is 10.1. The molecule has 22 heavy (non-hydrogen) atoms. The standard InChI is InChI=1S/C15H23BrN4O.HI/c1-4-17-15(18-5-2)19-9-8-14(21)20-13-7-6-12(16)10-11(13)3;/h6-7,10H,4-5,8-9H2,1-3H3,(H,20,21)(H2,17,18,19);1H. The minimum absolute atomic E-state index is 0. The van der Waals surface area contributed by atoms with Crippen molar-refractivity contribution in [1.29, 1.82) is 0 Å². The second kappa shape index (κ2) is 11.7. The molecule has 5 nitrogen and oxygen atoms in total. The van der Waals surface area contributed by atoms with Crippen LogP contribution < -0.4 is 16.0 Å². The number of nitrogens with zero attached hydrogens (tertiary/aromatic N) is 1. The summed E-state index contributed by atoms with van der Waals surface area (Å²) in [5.41, 5.74) is 1.87. The molecule has 1 rings (SSSR count). The Morgan fingerprint density at radius 2 is 1.86 bits per heavy atom. The molecule has 0 aliphatic rings. The summed E-state index contributed by atoms with van der Waals surface area (Å²) < 4.78 is 1.00. The summed E-state index contributed by atoms with van der Waals surface area (Å²) in [6.07, 6.45) is 0.357. The topological polar surface area (TPSA) is 65.5 Å². The summed E-state index contributed by atoms with van der Waals surface area (Å²) >= 11 is 3.41. The van der Waals surface area contributed by atoms with Gasteiger partial charge in [0.15, 0.2) is 5.96 Å². The lowest BCUT2D eigenvalue weighted by Gasteiger charge is -2.10. The molecule has 0 aliphatic carbocycles. The van der Waals surface area contributed by atoms with Crippen LogP contribution in [-0.2, 0) is 4.79 Å². The number of carbonyl (C=O) groups is 1. The number of rotatable bonds is 6. The van der Waals surface area contributed by atoms with Crippen LogP contribution in [0, 0.1) is 6.92 Å². The van der Waals surface area contributed by atoms with E-state index in [9.17, 15) is 4.79 Å². The number of nitrogens with one attached hydrogen (secondary N) is 3. The number of anilines is 1. The molecule has 0 unspecified atom stereocenters. The number of amides is 1. The average Bonchev–Trinajstić information content (AvgIpc) is 2.42. The largest absolute Gasteiger partial charge is 0.357 e. The van der Waals surface area contributed by atoms with Crippen molar-refractivity contribution in [3.63, 3.8) is 0 Å². The SMILES string of the molecule is CCNC(=NCCC(=O)Nc1ccc(Br)cc1C)NCC.I. The molecule has 0 spiro atoms. The van der Waals surface area contributed by atoms with Gasteiger partial charge in [0.1, 0.15) is 0 Å². The van der Waals surface area contributed by atoms with E-state index in [-0.39, 0.29) is 29.9 Å². The lowest BCUT2D eigenvalue weighted by molar-refractivity contribution is -0.116. The molecule has 1 aromatic rings. The fourth-order valence-corrected chi connectivity index (χ4v) is 2.23. The molecular weight excluding hydrogens is 459 g/mol. The Hall–Kier alpha value is -0.830. The molecule has 0 fully saturated rings. The van der Waals surface area contributed by atoms with E-state index in [0.717, 1.165) is 34.8 Å². The van der Waals surface area contributed by atoms with E-state index in [1.54, 1.807) is 0 Å². The molecule has 1 amide bonds. The Bertz CT molecular complexity index is 500. The van der Waals surface area contributed by atoms with Crippen molar-refractivity contribution in [3.8, 4) is 0 Å². The van der Waals surface area contributed by atoms with Crippen molar-refractivity contribution in [2.24, 2.45) is 4.99 Å². The highest BCUT2D eigenvalue weighted by molar-refractivity contribution is 14.0. The lowest BCUT2D eigenvalue weighted by Crippen LogP contribution is -2.37. The highest BCUT2D eigenvalue weighted by Crippen LogP contribution is 2.20. The predicted octanol–water partition coefficient (Wildman–Crippen LogP) is 3.28. The number of aryl methyl sites for hydroxylation is 1. The first-order valence-electron chi connectivity index (χ1n) is 7.15. The molecular formula is C15H24BrIN4O. The van der Waals surface area contributed by atoms with Crippen LogP contribution in [0.5, 0.6) is 0 Å². The molecule has 0 heterocycles. The Morgan fingerprint density at radius 3 is 2.41 bits per heavy atom. The van der Waals surface area contributed by atoms with Crippen molar-refractivity contribution in [2.75, 3.05) is 25.0 Å². The zero-order chi connectivity index (χ0) is 15.7. The van der Waals surface area contributed by atoms with Crippen LogP contribution in [0.2, 0.25) is 0 Å². The second-order valence-corrected chi connectivity index (χ2v) is 5.46. The Labute approximate surface area is 157 Å². The van der Waals surface area contributed by atoms with Gasteiger partial charge in [-0.1, -0.05) is 15.9 Å². The van der Waals surface area contributed by atoms with Gasteiger partial charge in [-0.2, -0.15) is 0 Å². The molecule has 0 saturated heterocycles. The Morgan fingerprint density at radius 1 is 1.23 bits per heavy atom. The van der Waals surface area contributed by atoms with Gasteiger partial charge in [-0.25, -0.2) is 0 Å². The van der Waals surface area contributed by atoms with E-state index in [4.69, 9.17) is 0 Å². The molecule has 0 radical (unpaired) electrons. The van der Waals surface area contributed by atoms with Gasteiger partial charge in [-0.15, -0.1) is 24.0 Å². The fourth-order valence-electron chi connectivity index (χ4n) is 1.76. The number of guanidine groups is 1. The van der Waals surface area contributed by atoms with Gasteiger partial charge in [-0.3, -0.25) is 9.79 Å². The van der Waals surface area contributed by atoms with E-state index in [1.807, 2.05) is 39.0 Å². The van der Waals surface area contributed by atoms with E-state index in [2.05, 4.69) is 36.9 Å². The zero-order valence-corrected chi connectivity index (χ0v) is 17.1. The number of carbonyl (C=O) groups excluding carboxylic acids is 1. The van der Waals surface area contributed by atoms with Gasteiger partial charge in [0.2, 0.25) is 5.91 Å². The predicted molar refractivity (Wildman–Crippen MR) is 107 cm³/mol. The van der Waals surface area contributed by atoms with Gasteiger partial charge < -0.3 is 16.0 Å². The monoisotopic (exact) mass is 482 g/mol. The third kappa shape index (κ3) is 7.98. The zero-order valence-electron chi connectivity index (χ0n) is 13.2. The van der Waals surface area contributed by atoms with E-state index in [0.29, 0.717) is 13.0 Å². The van der Waals surface area contributed by atoms with Gasteiger partial charge in [0.05, 0.1) is 6.54 Å². The van der Waals surface area contributed by atoms with Gasteiger partial charge >= 0.3 is 0 Å². The summed E-state index contributed by atoms with van der Waals surface area (Å²) in [6.45, 7) is 8.04. The molecule has 0 atom stereocenters. The van der Waals surface area contributed by atoms with Crippen LogP contribution in [-0.4, -0.2) is 31.5 Å². The normalized spacial score (nSPS) is 9.45. The Kier molecular flexibility index (Phi) is 11.3. The summed E-state index contributed by atoms with van der Waals surface area (Å²) in [5, 5.41) is 9.15. The van der Waals surface area contributed by atoms with Crippen LogP contribution >= 0.6 is 39.9 Å². The number of aliphatic imine (C=N–C) groups is 1. The van der Waals surface area contributed by atoms with Crippen molar-refractivity contribution in [2.45, 2.75) is 27.2 Å². The average molecular weight is 483 g/mol. The molecule has 7 heteroatoms. The smallest absolute Gasteiger partial charge is 0.226 e. The van der Waals surface area contributed by atoms with E-state index < -0.39 is 0 Å². The minimum atomic E-state index is -0.0310. The summed E-state index contributed by atoms with van der Waals surface area (Å²) in [6, 6.07) is 5.78. The first-order valence-corrected chi connectivity index (χ1v) is 7.94. The van der Waals surface area contributed by atoms with Crippen molar-refractivity contribution < 1.29 is 4.79 Å². The van der Waals surface area contributed by atoms with Crippen LogP contribution in [0.15, 0.2) is 27.7 Å². The third-order valence-corrected chi connectivity index (χ3v) is 3.25. The number of hydrogen-bond donors (Lipinski definition) is 3. The lowest BCUT2D eigenvalue weighted by atomic mass is 10.2. The molecule has 0 aromatic heterocycles. The maximum atomic E-state index is 11.9. The second-order valence-electron chi connectivity index (χ2n) is 4.55.